The number of nitrogens with one attached hydrogen (secondary N) is 2. The molecule has 182 valence electrons. The van der Waals surface area contributed by atoms with Crippen LogP contribution in [0.2, 0.25) is 0 Å². The first-order valence-corrected chi connectivity index (χ1v) is 11.2. The van der Waals surface area contributed by atoms with Gasteiger partial charge in [-0.3, -0.25) is 4.79 Å². The molecule has 2 N–H and O–H groups in total. The summed E-state index contributed by atoms with van der Waals surface area (Å²) in [5.74, 6) is 0.0362. The summed E-state index contributed by atoms with van der Waals surface area (Å²) in [7, 11) is 0. The van der Waals surface area contributed by atoms with Crippen LogP contribution >= 0.6 is 0 Å². The van der Waals surface area contributed by atoms with Crippen LogP contribution in [0.1, 0.15) is 21.5 Å². The van der Waals surface area contributed by atoms with E-state index in [4.69, 9.17) is 0 Å². The van der Waals surface area contributed by atoms with Crippen LogP contribution in [0.15, 0.2) is 72.8 Å². The van der Waals surface area contributed by atoms with E-state index in [0.717, 1.165) is 28.9 Å². The van der Waals surface area contributed by atoms with Crippen LogP contribution in [0.5, 0.6) is 0 Å². The molecular weight excluding hydrogens is 457 g/mol. The Balaban J connectivity index is 1.30. The number of aryl methyl sites for hydroxylation is 1. The van der Waals surface area contributed by atoms with Gasteiger partial charge in [-0.1, -0.05) is 24.3 Å². The lowest BCUT2D eigenvalue weighted by atomic mass is 10.1. The Bertz CT molecular complexity index is 1200. The molecule has 3 aromatic rings. The van der Waals surface area contributed by atoms with E-state index in [9.17, 15) is 22.8 Å². The van der Waals surface area contributed by atoms with Crippen molar-refractivity contribution >= 4 is 29.0 Å². The lowest BCUT2D eigenvalue weighted by molar-refractivity contribution is -0.137. The molecule has 6 nitrogen and oxygen atoms in total. The average Bonchev–Trinajstić information content (AvgIpc) is 2.84. The smallest absolute Gasteiger partial charge is 0.368 e. The van der Waals surface area contributed by atoms with Crippen molar-refractivity contribution in [3.63, 3.8) is 0 Å². The number of hydrogen-bond donors (Lipinski definition) is 2. The second kappa shape index (κ2) is 10.1. The third-order valence-electron chi connectivity index (χ3n) is 5.88. The summed E-state index contributed by atoms with van der Waals surface area (Å²) in [5, 5.41) is 5.04. The van der Waals surface area contributed by atoms with E-state index >= 15 is 0 Å². The van der Waals surface area contributed by atoms with E-state index in [-0.39, 0.29) is 11.6 Å². The van der Waals surface area contributed by atoms with E-state index < -0.39 is 17.8 Å². The molecule has 35 heavy (non-hydrogen) atoms. The van der Waals surface area contributed by atoms with Crippen LogP contribution < -0.4 is 15.5 Å². The first-order valence-electron chi connectivity index (χ1n) is 11.2. The number of rotatable bonds is 4. The Morgan fingerprint density at radius 1 is 0.800 bits per heavy atom. The highest BCUT2D eigenvalue weighted by atomic mass is 19.4. The second-order valence-electron chi connectivity index (χ2n) is 8.30. The Labute approximate surface area is 201 Å². The molecule has 0 bridgehead atoms. The first-order chi connectivity index (χ1) is 16.7. The van der Waals surface area contributed by atoms with Crippen molar-refractivity contribution in [2.24, 2.45) is 0 Å². The van der Waals surface area contributed by atoms with Gasteiger partial charge in [0.25, 0.3) is 5.91 Å². The molecule has 0 unspecified atom stereocenters. The average molecular weight is 483 g/mol. The Hall–Kier alpha value is -4.01. The molecule has 1 fully saturated rings. The van der Waals surface area contributed by atoms with Crippen molar-refractivity contribution < 1.29 is 22.8 Å². The summed E-state index contributed by atoms with van der Waals surface area (Å²) < 4.78 is 38.5. The number of carbonyl (C=O) groups excluding carboxylic acids is 2. The summed E-state index contributed by atoms with van der Waals surface area (Å²) >= 11 is 0. The number of nitrogens with zero attached hydrogens (tertiary/aromatic N) is 2. The number of piperazine rings is 1. The SMILES string of the molecule is Cc1ccccc1C(=O)N1CCN(c2ccc(NC(=O)Nc3cccc(C(F)(F)F)c3)cc2)CC1. The maximum absolute atomic E-state index is 12.8. The van der Waals surface area contributed by atoms with Crippen LogP contribution in [0.25, 0.3) is 0 Å². The first kappa shape index (κ1) is 24.1. The monoisotopic (exact) mass is 482 g/mol. The number of anilines is 3. The molecule has 9 heteroatoms. The normalized spacial score (nSPS) is 13.9. The predicted molar refractivity (Wildman–Crippen MR) is 130 cm³/mol. The number of hydrogen-bond acceptors (Lipinski definition) is 3. The highest BCUT2D eigenvalue weighted by molar-refractivity contribution is 6.00. The van der Waals surface area contributed by atoms with Crippen LogP contribution in [-0.4, -0.2) is 43.0 Å². The van der Waals surface area contributed by atoms with Gasteiger partial charge in [0.1, 0.15) is 0 Å². The zero-order valence-electron chi connectivity index (χ0n) is 19.1. The molecular formula is C26H25F3N4O2. The summed E-state index contributed by atoms with van der Waals surface area (Å²) in [6.07, 6.45) is -4.48. The molecule has 3 amide bonds. The number of amides is 3. The van der Waals surface area contributed by atoms with Crippen molar-refractivity contribution in [2.75, 3.05) is 41.7 Å². The fraction of sp³-hybridized carbons (Fsp3) is 0.231. The maximum Gasteiger partial charge on any atom is 0.416 e. The van der Waals surface area contributed by atoms with Crippen LogP contribution in [0.3, 0.4) is 0 Å². The minimum atomic E-state index is -4.48. The van der Waals surface area contributed by atoms with Crippen molar-refractivity contribution in [1.29, 1.82) is 0 Å². The molecule has 1 heterocycles. The molecule has 1 aliphatic rings. The van der Waals surface area contributed by atoms with Gasteiger partial charge in [0.05, 0.1) is 5.56 Å². The number of urea groups is 1. The number of alkyl halides is 3. The predicted octanol–water partition coefficient (Wildman–Crippen LogP) is 5.62. The van der Waals surface area contributed by atoms with Crippen LogP contribution in [0.4, 0.5) is 35.0 Å². The molecule has 0 aromatic heterocycles. The molecule has 1 saturated heterocycles. The van der Waals surface area contributed by atoms with Gasteiger partial charge in [-0.15, -0.1) is 0 Å². The lowest BCUT2D eigenvalue weighted by Crippen LogP contribution is -2.48. The highest BCUT2D eigenvalue weighted by Crippen LogP contribution is 2.30. The van der Waals surface area contributed by atoms with Crippen molar-refractivity contribution in [1.82, 2.24) is 4.90 Å². The van der Waals surface area contributed by atoms with Crippen LogP contribution in [-0.2, 0) is 6.18 Å². The molecule has 0 aliphatic carbocycles. The molecule has 1 aliphatic heterocycles. The van der Waals surface area contributed by atoms with Gasteiger partial charge >= 0.3 is 12.2 Å². The van der Waals surface area contributed by atoms with Crippen molar-refractivity contribution in [2.45, 2.75) is 13.1 Å². The number of benzene rings is 3. The molecule has 0 atom stereocenters. The summed E-state index contributed by atoms with van der Waals surface area (Å²) in [5.41, 5.74) is 2.36. The molecule has 0 spiro atoms. The van der Waals surface area contributed by atoms with E-state index in [1.807, 2.05) is 48.2 Å². The Morgan fingerprint density at radius 2 is 1.46 bits per heavy atom. The van der Waals surface area contributed by atoms with E-state index in [1.165, 1.54) is 12.1 Å². The topological polar surface area (TPSA) is 64.7 Å². The van der Waals surface area contributed by atoms with Gasteiger partial charge in [-0.25, -0.2) is 4.79 Å². The Kier molecular flexibility index (Phi) is 6.95. The van der Waals surface area contributed by atoms with Crippen molar-refractivity contribution in [3.05, 3.63) is 89.5 Å². The third kappa shape index (κ3) is 5.92. The van der Waals surface area contributed by atoms with Gasteiger partial charge in [0, 0.05) is 48.8 Å². The summed E-state index contributed by atoms with van der Waals surface area (Å²) in [6.45, 7) is 4.50. The quantitative estimate of drug-likeness (QED) is 0.507. The van der Waals surface area contributed by atoms with Gasteiger partial charge in [-0.05, 0) is 61.0 Å². The second-order valence-corrected chi connectivity index (χ2v) is 8.30. The van der Waals surface area contributed by atoms with Gasteiger partial charge < -0.3 is 20.4 Å². The highest BCUT2D eigenvalue weighted by Gasteiger charge is 2.30. The minimum Gasteiger partial charge on any atom is -0.368 e. The molecule has 4 rings (SSSR count). The fourth-order valence-corrected chi connectivity index (χ4v) is 3.97. The zero-order valence-corrected chi connectivity index (χ0v) is 19.1. The maximum atomic E-state index is 12.8. The third-order valence-corrected chi connectivity index (χ3v) is 5.88. The lowest BCUT2D eigenvalue weighted by Gasteiger charge is -2.36. The van der Waals surface area contributed by atoms with E-state index in [0.29, 0.717) is 31.9 Å². The fourth-order valence-electron chi connectivity index (χ4n) is 3.97. The van der Waals surface area contributed by atoms with Crippen molar-refractivity contribution in [3.8, 4) is 0 Å². The van der Waals surface area contributed by atoms with Gasteiger partial charge in [0.2, 0.25) is 0 Å². The summed E-state index contributed by atoms with van der Waals surface area (Å²) in [6, 6.07) is 18.5. The molecule has 0 radical (unpaired) electrons. The zero-order chi connectivity index (χ0) is 25.0. The Morgan fingerprint density at radius 3 is 2.11 bits per heavy atom. The summed E-state index contributed by atoms with van der Waals surface area (Å²) in [4.78, 5) is 29.0. The van der Waals surface area contributed by atoms with E-state index in [2.05, 4.69) is 15.5 Å². The van der Waals surface area contributed by atoms with Crippen LogP contribution in [0, 0.1) is 6.92 Å². The number of carbonyl (C=O) groups is 2. The largest absolute Gasteiger partial charge is 0.416 e. The molecule has 3 aromatic carbocycles. The van der Waals surface area contributed by atoms with Gasteiger partial charge in [0.15, 0.2) is 0 Å². The van der Waals surface area contributed by atoms with E-state index in [1.54, 1.807) is 12.1 Å². The minimum absolute atomic E-state index is 0.0362. The molecule has 0 saturated carbocycles. The number of halogens is 3. The van der Waals surface area contributed by atoms with Gasteiger partial charge in [-0.2, -0.15) is 13.2 Å². The standard InChI is InChI=1S/C26H25F3N4O2/c1-18-5-2-3-8-23(18)24(34)33-15-13-32(14-16-33)22-11-9-20(10-12-22)30-25(35)31-21-7-4-6-19(17-21)26(27,28)29/h2-12,17H,13-16H2,1H3,(H2,30,31,35).